The molecule has 3 heterocycles. The monoisotopic (exact) mass is 435 g/mol. The Bertz CT molecular complexity index is 1310. The number of fused-ring (bicyclic) bond motifs is 1. The van der Waals surface area contributed by atoms with E-state index < -0.39 is 11.7 Å². The van der Waals surface area contributed by atoms with Gasteiger partial charge in [-0.05, 0) is 43.5 Å². The highest BCUT2D eigenvalue weighted by Crippen LogP contribution is 2.43. The summed E-state index contributed by atoms with van der Waals surface area (Å²) in [5, 5.41) is 7.04. The van der Waals surface area contributed by atoms with Gasteiger partial charge in [-0.1, -0.05) is 23.7 Å². The lowest BCUT2D eigenvalue weighted by molar-refractivity contribution is 0.0552. The van der Waals surface area contributed by atoms with Crippen LogP contribution in [0.2, 0.25) is 0 Å². The molecule has 0 aliphatic heterocycles. The van der Waals surface area contributed by atoms with Crippen LogP contribution in [0.3, 0.4) is 0 Å². The molecule has 0 atom stereocenters. The minimum absolute atomic E-state index is 0.208. The summed E-state index contributed by atoms with van der Waals surface area (Å²) in [6.45, 7) is 2.43. The molecule has 3 aromatic heterocycles. The van der Waals surface area contributed by atoms with Gasteiger partial charge in [-0.25, -0.2) is 9.37 Å². The highest BCUT2D eigenvalue weighted by Gasteiger charge is 2.44. The summed E-state index contributed by atoms with van der Waals surface area (Å²) in [7, 11) is 1.67. The maximum Gasteiger partial charge on any atom is 0.274 e. The van der Waals surface area contributed by atoms with Gasteiger partial charge in [0.1, 0.15) is 17.2 Å². The third kappa shape index (κ3) is 3.44. The molecule has 0 bridgehead atoms. The van der Waals surface area contributed by atoms with Crippen molar-refractivity contribution in [1.82, 2.24) is 19.5 Å². The zero-order valence-electron chi connectivity index (χ0n) is 17.8. The number of nitrogens with one attached hydrogen (secondary N) is 1. The molecule has 0 spiro atoms. The van der Waals surface area contributed by atoms with Crippen LogP contribution in [0.5, 0.6) is 0 Å². The number of anilines is 1. The molecule has 1 saturated carbocycles. The van der Waals surface area contributed by atoms with Crippen molar-refractivity contribution in [3.05, 3.63) is 65.7 Å². The molecule has 4 aromatic rings. The van der Waals surface area contributed by atoms with Crippen molar-refractivity contribution < 1.29 is 18.4 Å². The summed E-state index contributed by atoms with van der Waals surface area (Å²) in [5.74, 6) is 0.188. The number of hydrogen-bond donors (Lipinski definition) is 1. The smallest absolute Gasteiger partial charge is 0.274 e. The summed E-state index contributed by atoms with van der Waals surface area (Å²) < 4.78 is 26.0. The Morgan fingerprint density at radius 2 is 2.16 bits per heavy atom. The number of methoxy groups -OCH3 is 1. The second-order valence-corrected chi connectivity index (χ2v) is 8.19. The van der Waals surface area contributed by atoms with E-state index in [1.54, 1.807) is 13.2 Å². The van der Waals surface area contributed by atoms with Gasteiger partial charge in [0.05, 0.1) is 18.2 Å². The summed E-state index contributed by atoms with van der Waals surface area (Å²) in [4.78, 5) is 21.7. The highest BCUT2D eigenvalue weighted by atomic mass is 19.1. The van der Waals surface area contributed by atoms with Crippen LogP contribution in [0.15, 0.2) is 47.2 Å². The number of carbonyl (C=O) groups is 1. The minimum atomic E-state index is -0.451. The van der Waals surface area contributed by atoms with Gasteiger partial charge >= 0.3 is 0 Å². The molecule has 1 aliphatic rings. The molecule has 0 saturated heterocycles. The van der Waals surface area contributed by atoms with Crippen molar-refractivity contribution in [2.24, 2.45) is 0 Å². The van der Waals surface area contributed by atoms with E-state index in [1.807, 2.05) is 19.1 Å². The third-order valence-corrected chi connectivity index (χ3v) is 6.06. The van der Waals surface area contributed by atoms with E-state index in [9.17, 15) is 9.18 Å². The number of ether oxygens (including phenoxy) is 1. The fourth-order valence-electron chi connectivity index (χ4n) is 4.06. The number of halogens is 1. The van der Waals surface area contributed by atoms with Crippen LogP contribution in [0.1, 0.15) is 41.2 Å². The second-order valence-electron chi connectivity index (χ2n) is 8.19. The van der Waals surface area contributed by atoms with E-state index in [2.05, 4.69) is 20.4 Å². The van der Waals surface area contributed by atoms with E-state index in [0.29, 0.717) is 29.7 Å². The topological polar surface area (TPSA) is 94.5 Å². The zero-order chi connectivity index (χ0) is 22.3. The fraction of sp³-hybridized carbons (Fsp3) is 0.304. The number of aromatic nitrogens is 4. The van der Waals surface area contributed by atoms with E-state index in [4.69, 9.17) is 9.26 Å². The molecule has 0 unspecified atom stereocenters. The number of imidazole rings is 1. The number of rotatable bonds is 6. The van der Waals surface area contributed by atoms with Crippen LogP contribution in [0.25, 0.3) is 17.0 Å². The molecular formula is C23H22FN5O3. The highest BCUT2D eigenvalue weighted by molar-refractivity contribution is 6.04. The number of benzene rings is 1. The minimum Gasteiger partial charge on any atom is -0.384 e. The molecule has 5 rings (SSSR count). The number of aryl methyl sites for hydroxylation is 1. The SMILES string of the molecule is COCC1(c2nc(-c3ccc(C)c(NC(=O)c4cnc5ccc(F)cn45)c3)no2)CCC1. The van der Waals surface area contributed by atoms with Crippen LogP contribution < -0.4 is 5.32 Å². The molecule has 1 N–H and O–H groups in total. The fourth-order valence-corrected chi connectivity index (χ4v) is 4.06. The molecule has 1 fully saturated rings. The van der Waals surface area contributed by atoms with Crippen molar-refractivity contribution in [3.63, 3.8) is 0 Å². The predicted molar refractivity (Wildman–Crippen MR) is 115 cm³/mol. The third-order valence-electron chi connectivity index (χ3n) is 6.06. The Labute approximate surface area is 183 Å². The standard InChI is InChI=1S/C23H22FN5O3/c1-14-4-5-15(20-27-22(32-28-20)23(13-31-2)8-3-9-23)10-17(14)26-21(30)18-11-25-19-7-6-16(24)12-29(18)19/h4-7,10-12H,3,8-9,13H2,1-2H3,(H,26,30). The summed E-state index contributed by atoms with van der Waals surface area (Å²) in [6.07, 6.45) is 5.67. The second kappa shape index (κ2) is 7.83. The van der Waals surface area contributed by atoms with E-state index in [-0.39, 0.29) is 11.1 Å². The van der Waals surface area contributed by atoms with Gasteiger partial charge in [-0.15, -0.1) is 0 Å². The van der Waals surface area contributed by atoms with Gasteiger partial charge in [0.25, 0.3) is 5.91 Å². The molecule has 32 heavy (non-hydrogen) atoms. The van der Waals surface area contributed by atoms with Crippen LogP contribution in [0, 0.1) is 12.7 Å². The first-order valence-corrected chi connectivity index (χ1v) is 10.4. The molecule has 164 valence electrons. The predicted octanol–water partition coefficient (Wildman–Crippen LogP) is 4.15. The van der Waals surface area contributed by atoms with E-state index >= 15 is 0 Å². The summed E-state index contributed by atoms with van der Waals surface area (Å²) >= 11 is 0. The molecule has 1 aromatic carbocycles. The van der Waals surface area contributed by atoms with E-state index in [0.717, 1.165) is 30.4 Å². The lowest BCUT2D eigenvalue weighted by atomic mass is 9.69. The number of nitrogens with zero attached hydrogens (tertiary/aromatic N) is 4. The molecule has 1 amide bonds. The average Bonchev–Trinajstić information content (AvgIpc) is 3.39. The van der Waals surface area contributed by atoms with Gasteiger partial charge in [0.15, 0.2) is 0 Å². The van der Waals surface area contributed by atoms with Gasteiger partial charge < -0.3 is 14.6 Å². The maximum atomic E-state index is 13.6. The number of pyridine rings is 1. The van der Waals surface area contributed by atoms with Crippen LogP contribution >= 0.6 is 0 Å². The molecule has 9 heteroatoms. The van der Waals surface area contributed by atoms with Crippen LogP contribution in [-0.4, -0.2) is 39.1 Å². The first-order valence-electron chi connectivity index (χ1n) is 10.4. The van der Waals surface area contributed by atoms with Crippen molar-refractivity contribution in [2.45, 2.75) is 31.6 Å². The molecule has 0 radical (unpaired) electrons. The van der Waals surface area contributed by atoms with Crippen molar-refractivity contribution in [1.29, 1.82) is 0 Å². The van der Waals surface area contributed by atoms with Gasteiger partial charge in [0.2, 0.25) is 11.7 Å². The van der Waals surface area contributed by atoms with E-state index in [1.165, 1.54) is 28.9 Å². The lowest BCUT2D eigenvalue weighted by Crippen LogP contribution is -2.39. The Balaban J connectivity index is 1.42. The average molecular weight is 435 g/mol. The van der Waals surface area contributed by atoms with Gasteiger partial charge in [-0.2, -0.15) is 4.98 Å². The van der Waals surface area contributed by atoms with Gasteiger partial charge in [-0.3, -0.25) is 9.20 Å². The Hall–Kier alpha value is -3.59. The molecule has 1 aliphatic carbocycles. The number of carbonyl (C=O) groups excluding carboxylic acids is 1. The normalized spacial score (nSPS) is 15.0. The quantitative estimate of drug-likeness (QED) is 0.489. The first kappa shape index (κ1) is 20.3. The van der Waals surface area contributed by atoms with Crippen LogP contribution in [0.4, 0.5) is 10.1 Å². The lowest BCUT2D eigenvalue weighted by Gasteiger charge is -2.37. The summed E-state index contributed by atoms with van der Waals surface area (Å²) in [6, 6.07) is 8.38. The van der Waals surface area contributed by atoms with Crippen molar-refractivity contribution in [2.75, 3.05) is 19.0 Å². The van der Waals surface area contributed by atoms with Crippen LogP contribution in [-0.2, 0) is 10.2 Å². The summed E-state index contributed by atoms with van der Waals surface area (Å²) in [5.41, 5.74) is 2.69. The van der Waals surface area contributed by atoms with Gasteiger partial charge in [0, 0.05) is 24.6 Å². The number of amides is 1. The first-order chi connectivity index (χ1) is 15.5. The Morgan fingerprint density at radius 1 is 1.31 bits per heavy atom. The zero-order valence-corrected chi connectivity index (χ0v) is 17.8. The largest absolute Gasteiger partial charge is 0.384 e. The Morgan fingerprint density at radius 3 is 2.91 bits per heavy atom. The van der Waals surface area contributed by atoms with Crippen molar-refractivity contribution in [3.8, 4) is 11.4 Å². The molecular weight excluding hydrogens is 413 g/mol. The number of hydrogen-bond acceptors (Lipinski definition) is 6. The van der Waals surface area contributed by atoms with Crippen molar-refractivity contribution >= 4 is 17.2 Å². The maximum absolute atomic E-state index is 13.6. The molecule has 8 nitrogen and oxygen atoms in total. The Kier molecular flexibility index (Phi) is 4.97.